The van der Waals surface area contributed by atoms with Crippen LogP contribution in [0.2, 0.25) is 0 Å². The number of aliphatic hydroxyl groups is 1. The molecule has 4 nitrogen and oxygen atoms in total. The second-order valence-corrected chi connectivity index (χ2v) is 10.4. The molecule has 1 fully saturated rings. The van der Waals surface area contributed by atoms with Crippen LogP contribution in [0.15, 0.2) is 35.2 Å². The van der Waals surface area contributed by atoms with Gasteiger partial charge in [0.25, 0.3) is 11.7 Å². The van der Waals surface area contributed by atoms with Gasteiger partial charge < -0.3 is 10.0 Å². The van der Waals surface area contributed by atoms with Gasteiger partial charge in [0, 0.05) is 17.0 Å². The number of carbonyl (C=O) groups excluding carboxylic acids is 2. The van der Waals surface area contributed by atoms with E-state index in [0.717, 1.165) is 40.8 Å². The highest BCUT2D eigenvalue weighted by Crippen LogP contribution is 2.43. The Labute approximate surface area is 189 Å². The summed E-state index contributed by atoms with van der Waals surface area (Å²) in [6.45, 7) is 12.9. The lowest BCUT2D eigenvalue weighted by atomic mass is 9.84. The summed E-state index contributed by atoms with van der Waals surface area (Å²) in [7, 11) is 0. The predicted molar refractivity (Wildman–Crippen MR) is 127 cm³/mol. The molecule has 2 heterocycles. The summed E-state index contributed by atoms with van der Waals surface area (Å²) in [6, 6.07) is 7.44. The summed E-state index contributed by atoms with van der Waals surface area (Å²) in [5.74, 6) is -1.18. The molecule has 166 valence electrons. The van der Waals surface area contributed by atoms with Gasteiger partial charge >= 0.3 is 0 Å². The Bertz CT molecular complexity index is 1030. The third-order valence-corrected chi connectivity index (χ3v) is 7.12. The van der Waals surface area contributed by atoms with Gasteiger partial charge in [-0.1, -0.05) is 52.7 Å². The third kappa shape index (κ3) is 4.47. The fourth-order valence-corrected chi connectivity index (χ4v) is 5.12. The normalized spacial score (nSPS) is 18.8. The number of nitrogens with zero attached hydrogens (tertiary/aromatic N) is 1. The number of likely N-dealkylation sites (tertiary alicyclic amines) is 1. The van der Waals surface area contributed by atoms with Crippen molar-refractivity contribution in [1.29, 1.82) is 0 Å². The predicted octanol–water partition coefficient (Wildman–Crippen LogP) is 6.27. The number of hydrogen-bond acceptors (Lipinski definition) is 4. The Kier molecular flexibility index (Phi) is 6.75. The second-order valence-electron chi connectivity index (χ2n) is 9.45. The van der Waals surface area contributed by atoms with Crippen molar-refractivity contribution in [2.75, 3.05) is 6.54 Å². The van der Waals surface area contributed by atoms with E-state index in [1.807, 2.05) is 37.4 Å². The first-order chi connectivity index (χ1) is 14.6. The highest BCUT2D eigenvalue weighted by molar-refractivity contribution is 7.10. The summed E-state index contributed by atoms with van der Waals surface area (Å²) in [4.78, 5) is 28.8. The van der Waals surface area contributed by atoms with Crippen LogP contribution in [0.5, 0.6) is 0 Å². The molecule has 31 heavy (non-hydrogen) atoms. The minimum atomic E-state index is -0.590. The van der Waals surface area contributed by atoms with Crippen molar-refractivity contribution >= 4 is 28.8 Å². The summed E-state index contributed by atoms with van der Waals surface area (Å²) in [6.07, 6.45) is 2.86. The smallest absolute Gasteiger partial charge is 0.295 e. The summed E-state index contributed by atoms with van der Waals surface area (Å²) < 4.78 is 0. The van der Waals surface area contributed by atoms with E-state index in [1.165, 1.54) is 11.3 Å². The maximum Gasteiger partial charge on any atom is 0.295 e. The number of carbonyl (C=O) groups is 2. The number of amides is 1. The number of aliphatic hydroxyl groups excluding tert-OH is 1. The molecule has 2 aromatic rings. The van der Waals surface area contributed by atoms with Crippen molar-refractivity contribution in [3.05, 3.63) is 62.3 Å². The molecule has 1 aromatic carbocycles. The van der Waals surface area contributed by atoms with E-state index in [9.17, 15) is 14.7 Å². The van der Waals surface area contributed by atoms with Gasteiger partial charge in [0.1, 0.15) is 5.76 Å². The highest BCUT2D eigenvalue weighted by Gasteiger charge is 2.46. The lowest BCUT2D eigenvalue weighted by Crippen LogP contribution is -2.30. The molecule has 0 saturated carbocycles. The number of ketones is 1. The van der Waals surface area contributed by atoms with E-state index in [2.05, 4.69) is 33.8 Å². The average molecular weight is 440 g/mol. The Morgan fingerprint density at radius 1 is 1.10 bits per heavy atom. The molecule has 0 spiro atoms. The fraction of sp³-hybridized carbons (Fsp3) is 0.462. The molecule has 1 N–H and O–H groups in total. The van der Waals surface area contributed by atoms with Crippen LogP contribution in [-0.4, -0.2) is 28.2 Å². The average Bonchev–Trinajstić information content (AvgIpc) is 3.23. The topological polar surface area (TPSA) is 57.6 Å². The lowest BCUT2D eigenvalue weighted by Gasteiger charge is -2.25. The van der Waals surface area contributed by atoms with Crippen LogP contribution < -0.4 is 0 Å². The molecular formula is C26H33NO3S. The molecule has 0 bridgehead atoms. The van der Waals surface area contributed by atoms with E-state index in [1.54, 1.807) is 4.90 Å². The molecule has 0 radical (unpaired) electrons. The molecule has 1 atom stereocenters. The van der Waals surface area contributed by atoms with Crippen LogP contribution in [-0.2, 0) is 15.0 Å². The van der Waals surface area contributed by atoms with Crippen LogP contribution in [0.3, 0.4) is 0 Å². The quantitative estimate of drug-likeness (QED) is 0.250. The maximum atomic E-state index is 13.2. The van der Waals surface area contributed by atoms with Gasteiger partial charge in [-0.15, -0.1) is 11.3 Å². The Morgan fingerprint density at radius 2 is 1.81 bits per heavy atom. The zero-order valence-electron chi connectivity index (χ0n) is 19.4. The van der Waals surface area contributed by atoms with Crippen LogP contribution in [0.25, 0.3) is 5.76 Å². The van der Waals surface area contributed by atoms with Crippen molar-refractivity contribution in [2.24, 2.45) is 0 Å². The number of unbranched alkanes of at least 4 members (excludes halogenated alkanes) is 2. The summed E-state index contributed by atoms with van der Waals surface area (Å²) in [5.41, 5.74) is 3.71. The number of hydrogen-bond donors (Lipinski definition) is 1. The van der Waals surface area contributed by atoms with E-state index in [4.69, 9.17) is 0 Å². The van der Waals surface area contributed by atoms with Crippen molar-refractivity contribution in [3.63, 3.8) is 0 Å². The van der Waals surface area contributed by atoms with Crippen molar-refractivity contribution in [3.8, 4) is 0 Å². The van der Waals surface area contributed by atoms with E-state index in [-0.39, 0.29) is 16.7 Å². The first kappa shape index (κ1) is 23.3. The molecular weight excluding hydrogens is 406 g/mol. The van der Waals surface area contributed by atoms with Gasteiger partial charge in [0.2, 0.25) is 0 Å². The molecule has 1 saturated heterocycles. The molecule has 5 heteroatoms. The monoisotopic (exact) mass is 439 g/mol. The van der Waals surface area contributed by atoms with Crippen LogP contribution in [0, 0.1) is 13.8 Å². The first-order valence-electron chi connectivity index (χ1n) is 11.0. The van der Waals surface area contributed by atoms with E-state index < -0.39 is 17.7 Å². The van der Waals surface area contributed by atoms with Gasteiger partial charge in [0.15, 0.2) is 0 Å². The Morgan fingerprint density at radius 3 is 2.39 bits per heavy atom. The minimum absolute atomic E-state index is 0.0715. The molecule has 1 unspecified atom stereocenters. The zero-order valence-corrected chi connectivity index (χ0v) is 20.2. The Balaban J connectivity index is 2.19. The zero-order chi connectivity index (χ0) is 22.9. The van der Waals surface area contributed by atoms with Crippen molar-refractivity contribution in [2.45, 2.75) is 72.3 Å². The van der Waals surface area contributed by atoms with E-state index >= 15 is 0 Å². The summed E-state index contributed by atoms with van der Waals surface area (Å²) in [5, 5.41) is 13.4. The number of benzene rings is 1. The maximum absolute atomic E-state index is 13.2. The lowest BCUT2D eigenvalue weighted by molar-refractivity contribution is -0.139. The third-order valence-electron chi connectivity index (χ3n) is 6.05. The second kappa shape index (κ2) is 8.99. The standard InChI is InChI=1S/C26H33NO3S/c1-7-8-9-13-27-21(24-17(3)12-14-31-24)20(23(29)25(27)30)22(28)19-15-18(26(4,5)6)11-10-16(19)2/h10-12,14-15,21,28H,7-9,13H2,1-6H3/b22-20+. The molecule has 3 rings (SSSR count). The number of Topliss-reactive ketones (excluding diaryl/α,β-unsaturated/α-hetero) is 1. The number of thiophene rings is 1. The van der Waals surface area contributed by atoms with Gasteiger partial charge in [-0.05, 0) is 59.9 Å². The van der Waals surface area contributed by atoms with Gasteiger partial charge in [-0.25, -0.2) is 0 Å². The van der Waals surface area contributed by atoms with Crippen LogP contribution in [0.4, 0.5) is 0 Å². The van der Waals surface area contributed by atoms with Crippen molar-refractivity contribution in [1.82, 2.24) is 4.90 Å². The van der Waals surface area contributed by atoms with Gasteiger partial charge in [-0.3, -0.25) is 9.59 Å². The SMILES string of the molecule is CCCCCN1C(=O)C(=O)/C(=C(/O)c2cc(C(C)(C)C)ccc2C)C1c1sccc1C. The van der Waals surface area contributed by atoms with Gasteiger partial charge in [0.05, 0.1) is 11.6 Å². The van der Waals surface area contributed by atoms with Crippen LogP contribution in [0.1, 0.15) is 80.1 Å². The molecule has 1 amide bonds. The fourth-order valence-electron chi connectivity index (χ4n) is 4.07. The molecule has 1 aliphatic heterocycles. The first-order valence-corrected chi connectivity index (χ1v) is 11.9. The summed E-state index contributed by atoms with van der Waals surface area (Å²) >= 11 is 1.53. The molecule has 1 aliphatic rings. The molecule has 0 aliphatic carbocycles. The highest BCUT2D eigenvalue weighted by atomic mass is 32.1. The molecule has 1 aromatic heterocycles. The largest absolute Gasteiger partial charge is 0.507 e. The Hall–Kier alpha value is -2.40. The van der Waals surface area contributed by atoms with Crippen molar-refractivity contribution < 1.29 is 14.7 Å². The van der Waals surface area contributed by atoms with E-state index in [0.29, 0.717) is 12.1 Å². The van der Waals surface area contributed by atoms with Crippen LogP contribution >= 0.6 is 11.3 Å². The minimum Gasteiger partial charge on any atom is -0.507 e. The number of rotatable bonds is 6. The number of aryl methyl sites for hydroxylation is 2. The van der Waals surface area contributed by atoms with Gasteiger partial charge in [-0.2, -0.15) is 0 Å².